The largest absolute Gasteiger partial charge is 0.446 e. The first-order chi connectivity index (χ1) is 38.5. The summed E-state index contributed by atoms with van der Waals surface area (Å²) >= 11 is -1.15. The van der Waals surface area contributed by atoms with Gasteiger partial charge in [-0.1, -0.05) is 58.5 Å². The highest BCUT2D eigenvalue weighted by atomic mass is 32.2. The van der Waals surface area contributed by atoms with Crippen LogP contribution in [0.4, 0.5) is 76.7 Å². The molecular formula is C46H36F12N12O8S4. The van der Waals surface area contributed by atoms with Crippen molar-refractivity contribution in [3.05, 3.63) is 143 Å². The maximum absolute atomic E-state index is 12.3. The number of rotatable bonds is 15. The Kier molecular flexibility index (Phi) is 23.3. The third kappa shape index (κ3) is 23.9. The number of thioether (sulfide) groups is 4. The molecule has 0 aliphatic carbocycles. The number of aromatic nitrogens is 8. The summed E-state index contributed by atoms with van der Waals surface area (Å²) in [4.78, 5) is 47.1. The lowest BCUT2D eigenvalue weighted by Gasteiger charge is -2.07. The van der Waals surface area contributed by atoms with Gasteiger partial charge in [0.2, 0.25) is 24.1 Å². The molecule has 0 saturated carbocycles. The van der Waals surface area contributed by atoms with Crippen LogP contribution in [0.2, 0.25) is 0 Å². The van der Waals surface area contributed by atoms with Gasteiger partial charge in [0, 0.05) is 61.6 Å². The summed E-state index contributed by atoms with van der Waals surface area (Å²) in [7, 11) is 0. The number of alkyl halides is 12. The molecule has 4 aromatic heterocycles. The molecule has 0 saturated heterocycles. The van der Waals surface area contributed by atoms with E-state index in [0.717, 1.165) is 37.1 Å². The molecule has 4 heterocycles. The highest BCUT2D eigenvalue weighted by Crippen LogP contribution is 2.40. The number of nitrogens with one attached hydrogen (secondary N) is 4. The molecular weight excluding hydrogens is 1200 g/mol. The molecule has 4 N–H and O–H groups in total. The third-order valence-corrected chi connectivity index (χ3v) is 11.7. The van der Waals surface area contributed by atoms with Gasteiger partial charge >= 0.3 is 46.1 Å². The molecule has 0 aliphatic heterocycles. The molecule has 0 fully saturated rings. The number of nitrogens with zero attached hydrogens (tertiary/aromatic N) is 8. The van der Waals surface area contributed by atoms with Gasteiger partial charge in [-0.05, 0) is 126 Å². The van der Waals surface area contributed by atoms with Crippen LogP contribution in [0.1, 0.15) is 79.4 Å². The van der Waals surface area contributed by atoms with Crippen molar-refractivity contribution in [3.63, 3.8) is 0 Å². The first-order valence-electron chi connectivity index (χ1n) is 22.4. The summed E-state index contributed by atoms with van der Waals surface area (Å²) in [5, 5.41) is 37.7. The van der Waals surface area contributed by atoms with Crippen molar-refractivity contribution in [1.82, 2.24) is 40.8 Å². The van der Waals surface area contributed by atoms with Gasteiger partial charge in [0.25, 0.3) is 23.6 Å². The van der Waals surface area contributed by atoms with Gasteiger partial charge in [0.1, 0.15) is 0 Å². The Labute approximate surface area is 469 Å². The summed E-state index contributed by atoms with van der Waals surface area (Å²) < 4.78 is 167. The average molecular weight is 1240 g/mol. The summed E-state index contributed by atoms with van der Waals surface area (Å²) in [5.41, 5.74) is -17.3. The van der Waals surface area contributed by atoms with Crippen molar-refractivity contribution >= 4 is 94.7 Å². The van der Waals surface area contributed by atoms with Crippen molar-refractivity contribution in [1.29, 1.82) is 0 Å². The van der Waals surface area contributed by atoms with Crippen LogP contribution < -0.4 is 21.3 Å². The lowest BCUT2D eigenvalue weighted by molar-refractivity contribution is -0.0337. The van der Waals surface area contributed by atoms with E-state index in [9.17, 15) is 71.9 Å². The SMILES string of the molecule is CCCc1nnc(NC(=O)c2cccc(SC(F)(F)F)c2)o1.CCc1nnc(NC(=O)c2cccc(SC(F)(F)F)c2)o1.Cc1nnc(NC(=O)c2cccc(SC(F)(F)F)c2)o1.O=C(Nc1nnco1)c1cccc(SC(F)(F)F)c1. The van der Waals surface area contributed by atoms with Crippen LogP contribution in [0.25, 0.3) is 0 Å². The van der Waals surface area contributed by atoms with Crippen LogP contribution in [0.15, 0.2) is 141 Å². The van der Waals surface area contributed by atoms with E-state index in [2.05, 4.69) is 62.1 Å². The second-order valence-electron chi connectivity index (χ2n) is 15.1. The quantitative estimate of drug-likeness (QED) is 0.0548. The molecule has 4 aromatic carbocycles. The number of hydrogen-bond acceptors (Lipinski definition) is 20. The van der Waals surface area contributed by atoms with Gasteiger partial charge in [0.05, 0.1) is 0 Å². The number of benzene rings is 4. The number of carbonyl (C=O) groups is 4. The van der Waals surface area contributed by atoms with E-state index >= 15 is 0 Å². The average Bonchev–Trinajstić information content (AvgIpc) is 4.25. The van der Waals surface area contributed by atoms with E-state index in [1.165, 1.54) is 72.8 Å². The highest BCUT2D eigenvalue weighted by Gasteiger charge is 2.32. The van der Waals surface area contributed by atoms with E-state index in [1.807, 2.05) is 6.92 Å². The van der Waals surface area contributed by atoms with E-state index in [-0.39, 0.29) is 119 Å². The topological polar surface area (TPSA) is 272 Å². The fraction of sp³-hybridized carbons (Fsp3) is 0.217. The third-order valence-electron chi connectivity index (χ3n) is 8.79. The number of aryl methyl sites for hydroxylation is 3. The molecule has 0 bridgehead atoms. The van der Waals surface area contributed by atoms with Crippen molar-refractivity contribution < 1.29 is 89.5 Å². The number of halogens is 12. The van der Waals surface area contributed by atoms with Crippen molar-refractivity contribution in [2.24, 2.45) is 0 Å². The zero-order valence-corrected chi connectivity index (χ0v) is 44.7. The summed E-state index contributed by atoms with van der Waals surface area (Å²) in [6, 6.07) is 20.3. The fourth-order valence-electron chi connectivity index (χ4n) is 5.66. The minimum atomic E-state index is -4.41. The summed E-state index contributed by atoms with van der Waals surface area (Å²) in [6.45, 7) is 5.28. The van der Waals surface area contributed by atoms with Crippen molar-refractivity contribution in [2.45, 2.75) is 81.6 Å². The predicted octanol–water partition coefficient (Wildman–Crippen LogP) is 13.6. The van der Waals surface area contributed by atoms with E-state index in [0.29, 0.717) is 24.6 Å². The van der Waals surface area contributed by atoms with Crippen molar-refractivity contribution in [3.8, 4) is 0 Å². The van der Waals surface area contributed by atoms with Gasteiger partial charge in [-0.2, -0.15) is 52.7 Å². The zero-order valence-electron chi connectivity index (χ0n) is 41.4. The molecule has 36 heteroatoms. The standard InChI is InChI=1S/C13H12F3N3O2S.C12H10F3N3O2S.C11H8F3N3O2S.C10H6F3N3O2S/c1-2-4-10-18-19-12(21-10)17-11(20)8-5-3-6-9(7-8)22-13(14,15)16;1-2-9-17-18-11(20-9)16-10(19)7-4-3-5-8(6-7)21-12(13,14)15;1-6-16-17-10(19-6)15-9(18)7-3-2-4-8(5-7)20-11(12,13)14;11-10(12,13)19-7-3-1-2-6(4-7)8(17)15-9-16-14-5-18-9/h3,5-7H,2,4H2,1H3,(H,17,19,20);3-6H,2H2,1H3,(H,16,18,19);2-5H,1H3,(H,15,17,18);1-5H,(H,15,16,17). The normalized spacial score (nSPS) is 11.4. The fourth-order valence-corrected chi connectivity index (χ4v) is 8.05. The van der Waals surface area contributed by atoms with Crippen LogP contribution >= 0.6 is 47.0 Å². The molecule has 20 nitrogen and oxygen atoms in total. The van der Waals surface area contributed by atoms with Gasteiger partial charge in [-0.15, -0.1) is 20.4 Å². The molecule has 8 rings (SSSR count). The molecule has 4 amide bonds. The summed E-state index contributed by atoms with van der Waals surface area (Å²) in [5.74, 6) is -1.48. The van der Waals surface area contributed by atoms with E-state index < -0.39 is 45.7 Å². The Morgan fingerprint density at radius 3 is 1.06 bits per heavy atom. The molecule has 436 valence electrons. The molecule has 0 spiro atoms. The minimum Gasteiger partial charge on any atom is -0.411 e. The van der Waals surface area contributed by atoms with Crippen LogP contribution in [-0.2, 0) is 12.8 Å². The lowest BCUT2D eigenvalue weighted by atomic mass is 10.2. The molecule has 82 heavy (non-hydrogen) atoms. The first kappa shape index (κ1) is 64.7. The Balaban J connectivity index is 0.000000201. The van der Waals surface area contributed by atoms with Crippen LogP contribution in [-0.4, -0.2) is 86.5 Å². The van der Waals surface area contributed by atoms with Gasteiger partial charge in [-0.3, -0.25) is 40.4 Å². The maximum atomic E-state index is 12.3. The van der Waals surface area contributed by atoms with Gasteiger partial charge in [0.15, 0.2) is 0 Å². The number of amides is 4. The highest BCUT2D eigenvalue weighted by molar-refractivity contribution is 8.00. The zero-order chi connectivity index (χ0) is 60.3. The van der Waals surface area contributed by atoms with Crippen LogP contribution in [0.5, 0.6) is 0 Å². The predicted molar refractivity (Wildman–Crippen MR) is 271 cm³/mol. The summed E-state index contributed by atoms with van der Waals surface area (Å²) in [6.07, 6.45) is 2.93. The first-order valence-corrected chi connectivity index (χ1v) is 25.7. The molecule has 0 aliphatic rings. The van der Waals surface area contributed by atoms with Gasteiger partial charge in [-0.25, -0.2) is 0 Å². The minimum absolute atomic E-state index is 0.0625. The van der Waals surface area contributed by atoms with E-state index in [1.54, 1.807) is 13.8 Å². The van der Waals surface area contributed by atoms with Crippen molar-refractivity contribution in [2.75, 3.05) is 21.3 Å². The second-order valence-corrected chi connectivity index (χ2v) is 19.6. The Hall–Kier alpha value is -8.12. The number of carbonyl (C=O) groups excluding carboxylic acids is 4. The number of anilines is 4. The molecule has 0 atom stereocenters. The Bertz CT molecular complexity index is 3380. The van der Waals surface area contributed by atoms with Crippen LogP contribution in [0.3, 0.4) is 0 Å². The van der Waals surface area contributed by atoms with Gasteiger partial charge < -0.3 is 17.7 Å². The smallest absolute Gasteiger partial charge is 0.411 e. The maximum Gasteiger partial charge on any atom is 0.446 e. The monoisotopic (exact) mass is 1240 g/mol. The molecule has 0 unspecified atom stereocenters. The number of hydrogen-bond donors (Lipinski definition) is 4. The Morgan fingerprint density at radius 2 is 0.768 bits per heavy atom. The molecule has 0 radical (unpaired) electrons. The Morgan fingerprint density at radius 1 is 0.439 bits per heavy atom. The second kappa shape index (κ2) is 29.6. The van der Waals surface area contributed by atoms with E-state index in [4.69, 9.17) is 17.7 Å². The molecule has 8 aromatic rings. The lowest BCUT2D eigenvalue weighted by Crippen LogP contribution is -2.12. The van der Waals surface area contributed by atoms with Crippen LogP contribution in [0, 0.1) is 6.92 Å².